The lowest BCUT2D eigenvalue weighted by molar-refractivity contribution is 0.843. The summed E-state index contributed by atoms with van der Waals surface area (Å²) in [7, 11) is 2.06. The zero-order valence-electron chi connectivity index (χ0n) is 19.5. The lowest BCUT2D eigenvalue weighted by atomic mass is 9.92. The molecule has 0 fully saturated rings. The molecule has 0 aliphatic rings. The predicted octanol–water partition coefficient (Wildman–Crippen LogP) is 6.43. The monoisotopic (exact) mass is 455 g/mol. The molecule has 3 aromatic carbocycles. The van der Waals surface area contributed by atoms with E-state index in [0.717, 1.165) is 28.1 Å². The van der Waals surface area contributed by atoms with Crippen LogP contribution in [0.5, 0.6) is 0 Å². The molecular formula is C30H25N5. The Kier molecular flexibility index (Phi) is 5.43. The fourth-order valence-corrected chi connectivity index (χ4v) is 4.66. The summed E-state index contributed by atoms with van der Waals surface area (Å²) in [4.78, 5) is 14.3. The predicted molar refractivity (Wildman–Crippen MR) is 142 cm³/mol. The average molecular weight is 456 g/mol. The maximum atomic E-state index is 5.00. The van der Waals surface area contributed by atoms with E-state index in [2.05, 4.69) is 88.8 Å². The molecule has 5 nitrogen and oxygen atoms in total. The molecular weight excluding hydrogens is 430 g/mol. The molecule has 6 aromatic rings. The summed E-state index contributed by atoms with van der Waals surface area (Å²) >= 11 is 0. The number of nitrogens with one attached hydrogen (secondary N) is 1. The zero-order valence-corrected chi connectivity index (χ0v) is 19.5. The van der Waals surface area contributed by atoms with Crippen molar-refractivity contribution in [3.63, 3.8) is 0 Å². The van der Waals surface area contributed by atoms with Crippen molar-refractivity contribution in [1.82, 2.24) is 19.5 Å². The highest BCUT2D eigenvalue weighted by Gasteiger charge is 2.16. The third kappa shape index (κ3) is 4.13. The second kappa shape index (κ2) is 9.03. The fourth-order valence-electron chi connectivity index (χ4n) is 4.66. The van der Waals surface area contributed by atoms with Crippen molar-refractivity contribution in [3.8, 4) is 11.4 Å². The minimum Gasteiger partial charge on any atom is -0.368 e. The first kappa shape index (κ1) is 21.1. The Balaban J connectivity index is 1.40. The molecule has 0 amide bonds. The van der Waals surface area contributed by atoms with Gasteiger partial charge in [0.2, 0.25) is 0 Å². The molecule has 0 saturated carbocycles. The van der Waals surface area contributed by atoms with Gasteiger partial charge in [0.1, 0.15) is 5.82 Å². The minimum atomic E-state index is 0.141. The van der Waals surface area contributed by atoms with Crippen LogP contribution in [0.2, 0.25) is 0 Å². The van der Waals surface area contributed by atoms with Crippen LogP contribution in [-0.2, 0) is 7.05 Å². The highest BCUT2D eigenvalue weighted by atomic mass is 15.0. The van der Waals surface area contributed by atoms with Crippen molar-refractivity contribution < 1.29 is 0 Å². The van der Waals surface area contributed by atoms with Gasteiger partial charge in [0.15, 0.2) is 5.82 Å². The first-order valence-electron chi connectivity index (χ1n) is 11.8. The smallest absolute Gasteiger partial charge is 0.162 e. The van der Waals surface area contributed by atoms with Crippen LogP contribution in [0.1, 0.15) is 17.0 Å². The number of benzene rings is 3. The standard InChI is InChI=1S/C30H25N5/c1-35-17-15-22-18-23(13-14-28(22)35)29-33-27-12-6-5-11-25(27)30(34-29)32-20-26(21-8-3-2-4-9-21)24-10-7-16-31-19-24/h2-19,26H,20H2,1H3,(H,32,33,34). The Morgan fingerprint density at radius 1 is 0.829 bits per heavy atom. The lowest BCUT2D eigenvalue weighted by Gasteiger charge is -2.20. The minimum absolute atomic E-state index is 0.141. The van der Waals surface area contributed by atoms with E-state index in [4.69, 9.17) is 9.97 Å². The number of aryl methyl sites for hydroxylation is 1. The SMILES string of the molecule is Cn1ccc2cc(-c3nc(NCC(c4ccccc4)c4cccnc4)c4ccccc4n3)ccc21. The quantitative estimate of drug-likeness (QED) is 0.315. The third-order valence-corrected chi connectivity index (χ3v) is 6.51. The third-order valence-electron chi connectivity index (χ3n) is 6.51. The summed E-state index contributed by atoms with van der Waals surface area (Å²) in [6.45, 7) is 0.688. The van der Waals surface area contributed by atoms with E-state index in [1.165, 1.54) is 22.0 Å². The topological polar surface area (TPSA) is 55.6 Å². The summed E-state index contributed by atoms with van der Waals surface area (Å²) < 4.78 is 2.12. The second-order valence-electron chi connectivity index (χ2n) is 8.74. The van der Waals surface area contributed by atoms with Crippen LogP contribution in [0.25, 0.3) is 33.2 Å². The van der Waals surface area contributed by atoms with Gasteiger partial charge in [-0.05, 0) is 53.6 Å². The maximum Gasteiger partial charge on any atom is 0.162 e. The van der Waals surface area contributed by atoms with E-state index in [1.54, 1.807) is 0 Å². The number of fused-ring (bicyclic) bond motifs is 2. The van der Waals surface area contributed by atoms with Crippen LogP contribution in [-0.4, -0.2) is 26.1 Å². The number of anilines is 1. The van der Waals surface area contributed by atoms with Gasteiger partial charge >= 0.3 is 0 Å². The van der Waals surface area contributed by atoms with Gasteiger partial charge in [-0.1, -0.05) is 48.5 Å². The van der Waals surface area contributed by atoms with Gasteiger partial charge in [0, 0.05) is 60.0 Å². The van der Waals surface area contributed by atoms with Crippen molar-refractivity contribution >= 4 is 27.6 Å². The van der Waals surface area contributed by atoms with Gasteiger partial charge in [0.05, 0.1) is 5.52 Å². The molecule has 1 unspecified atom stereocenters. The molecule has 3 heterocycles. The normalized spacial score (nSPS) is 12.1. The summed E-state index contributed by atoms with van der Waals surface area (Å²) in [5, 5.41) is 5.84. The number of aromatic nitrogens is 4. The van der Waals surface area contributed by atoms with E-state index in [9.17, 15) is 0 Å². The van der Waals surface area contributed by atoms with Gasteiger partial charge in [-0.2, -0.15) is 0 Å². The zero-order chi connectivity index (χ0) is 23.6. The summed E-state index contributed by atoms with van der Waals surface area (Å²) in [5.74, 6) is 1.70. The van der Waals surface area contributed by atoms with E-state index >= 15 is 0 Å². The van der Waals surface area contributed by atoms with Crippen LogP contribution < -0.4 is 5.32 Å². The number of rotatable bonds is 6. The molecule has 0 aliphatic heterocycles. The first-order chi connectivity index (χ1) is 17.3. The number of nitrogens with zero attached hydrogens (tertiary/aromatic N) is 4. The molecule has 35 heavy (non-hydrogen) atoms. The second-order valence-corrected chi connectivity index (χ2v) is 8.74. The molecule has 6 rings (SSSR count). The van der Waals surface area contributed by atoms with Crippen LogP contribution in [0.15, 0.2) is 110 Å². The molecule has 3 aromatic heterocycles. The largest absolute Gasteiger partial charge is 0.368 e. The fraction of sp³-hybridized carbons (Fsp3) is 0.100. The van der Waals surface area contributed by atoms with Gasteiger partial charge in [0.25, 0.3) is 0 Å². The molecule has 0 radical (unpaired) electrons. The van der Waals surface area contributed by atoms with Crippen LogP contribution in [0, 0.1) is 0 Å². The van der Waals surface area contributed by atoms with Crippen LogP contribution in [0.4, 0.5) is 5.82 Å². The Hall–Kier alpha value is -4.51. The van der Waals surface area contributed by atoms with Crippen molar-refractivity contribution in [2.24, 2.45) is 7.05 Å². The van der Waals surface area contributed by atoms with Gasteiger partial charge in [-0.25, -0.2) is 9.97 Å². The van der Waals surface area contributed by atoms with Crippen LogP contribution in [0.3, 0.4) is 0 Å². The van der Waals surface area contributed by atoms with E-state index < -0.39 is 0 Å². The Morgan fingerprint density at radius 2 is 1.66 bits per heavy atom. The summed E-state index contributed by atoms with van der Waals surface area (Å²) in [6, 6.07) is 31.3. The lowest BCUT2D eigenvalue weighted by Crippen LogP contribution is -2.15. The molecule has 0 saturated heterocycles. The van der Waals surface area contributed by atoms with Gasteiger partial charge in [-0.3, -0.25) is 4.98 Å². The molecule has 0 aliphatic carbocycles. The molecule has 5 heteroatoms. The molecule has 0 bridgehead atoms. The molecule has 1 N–H and O–H groups in total. The van der Waals surface area contributed by atoms with E-state index in [0.29, 0.717) is 6.54 Å². The maximum absolute atomic E-state index is 5.00. The Bertz CT molecular complexity index is 1570. The Labute approximate surface area is 204 Å². The highest BCUT2D eigenvalue weighted by molar-refractivity contribution is 5.91. The van der Waals surface area contributed by atoms with Crippen molar-refractivity contribution in [2.75, 3.05) is 11.9 Å². The summed E-state index contributed by atoms with van der Waals surface area (Å²) in [6.07, 6.45) is 5.83. The molecule has 170 valence electrons. The van der Waals surface area contributed by atoms with Crippen molar-refractivity contribution in [2.45, 2.75) is 5.92 Å². The van der Waals surface area contributed by atoms with Gasteiger partial charge in [-0.15, -0.1) is 0 Å². The average Bonchev–Trinajstić information content (AvgIpc) is 3.29. The van der Waals surface area contributed by atoms with E-state index in [1.807, 2.05) is 42.7 Å². The Morgan fingerprint density at radius 3 is 2.51 bits per heavy atom. The highest BCUT2D eigenvalue weighted by Crippen LogP contribution is 2.29. The first-order valence-corrected chi connectivity index (χ1v) is 11.8. The summed E-state index contributed by atoms with van der Waals surface area (Å²) in [5.41, 5.74) is 5.52. The number of hydrogen-bond acceptors (Lipinski definition) is 4. The molecule has 0 spiro atoms. The number of para-hydroxylation sites is 1. The van der Waals surface area contributed by atoms with E-state index in [-0.39, 0.29) is 5.92 Å². The van der Waals surface area contributed by atoms with Gasteiger partial charge < -0.3 is 9.88 Å². The van der Waals surface area contributed by atoms with Crippen molar-refractivity contribution in [3.05, 3.63) is 121 Å². The number of hydrogen-bond donors (Lipinski definition) is 1. The number of pyridine rings is 1. The molecule has 1 atom stereocenters. The van der Waals surface area contributed by atoms with Crippen molar-refractivity contribution in [1.29, 1.82) is 0 Å². The van der Waals surface area contributed by atoms with Crippen LogP contribution >= 0.6 is 0 Å².